The summed E-state index contributed by atoms with van der Waals surface area (Å²) in [6.07, 6.45) is 0. The number of hydrogen-bond acceptors (Lipinski definition) is 6. The SMILES string of the molecule is CNc1nc(C(C)C)nc(Sc2nnc(C)n2C)c1C. The van der Waals surface area contributed by atoms with Crippen molar-refractivity contribution >= 4 is 17.6 Å². The third-order valence-electron chi connectivity index (χ3n) is 3.11. The van der Waals surface area contributed by atoms with Crippen LogP contribution in [0.25, 0.3) is 0 Å². The summed E-state index contributed by atoms with van der Waals surface area (Å²) in [5.41, 5.74) is 1.03. The Hall–Kier alpha value is -1.63. The summed E-state index contributed by atoms with van der Waals surface area (Å²) < 4.78 is 1.96. The van der Waals surface area contributed by atoms with Crippen LogP contribution >= 0.6 is 11.8 Å². The summed E-state index contributed by atoms with van der Waals surface area (Å²) in [6, 6.07) is 0. The Morgan fingerprint density at radius 1 is 1.15 bits per heavy atom. The lowest BCUT2D eigenvalue weighted by atomic mass is 10.2. The van der Waals surface area contributed by atoms with Crippen molar-refractivity contribution in [3.05, 3.63) is 17.2 Å². The number of anilines is 1. The van der Waals surface area contributed by atoms with Gasteiger partial charge >= 0.3 is 0 Å². The van der Waals surface area contributed by atoms with E-state index in [9.17, 15) is 0 Å². The van der Waals surface area contributed by atoms with Crippen molar-refractivity contribution in [3.63, 3.8) is 0 Å². The lowest BCUT2D eigenvalue weighted by Gasteiger charge is -2.13. The predicted molar refractivity (Wildman–Crippen MR) is 80.3 cm³/mol. The Balaban J connectivity index is 2.45. The molecule has 0 amide bonds. The topological polar surface area (TPSA) is 68.5 Å². The van der Waals surface area contributed by atoms with Gasteiger partial charge in [0.25, 0.3) is 0 Å². The Morgan fingerprint density at radius 3 is 2.35 bits per heavy atom. The van der Waals surface area contributed by atoms with Gasteiger partial charge in [-0.15, -0.1) is 10.2 Å². The molecule has 108 valence electrons. The number of aromatic nitrogens is 5. The standard InChI is InChI=1S/C13H20N6S/c1-7(2)10-15-11(14-5)8(3)12(16-10)20-13-18-17-9(4)19(13)6/h7H,1-6H3,(H,14,15,16). The summed E-state index contributed by atoms with van der Waals surface area (Å²) >= 11 is 1.52. The second-order valence-electron chi connectivity index (χ2n) is 4.96. The van der Waals surface area contributed by atoms with Gasteiger partial charge in [-0.05, 0) is 25.6 Å². The van der Waals surface area contributed by atoms with E-state index in [1.807, 2.05) is 32.5 Å². The third-order valence-corrected chi connectivity index (χ3v) is 4.24. The number of nitrogens with zero attached hydrogens (tertiary/aromatic N) is 5. The van der Waals surface area contributed by atoms with Crippen LogP contribution in [0.5, 0.6) is 0 Å². The molecule has 0 fully saturated rings. The number of aryl methyl sites for hydroxylation is 1. The van der Waals surface area contributed by atoms with E-state index in [0.717, 1.165) is 33.2 Å². The molecule has 7 heteroatoms. The zero-order chi connectivity index (χ0) is 14.9. The highest BCUT2D eigenvalue weighted by molar-refractivity contribution is 7.99. The summed E-state index contributed by atoms with van der Waals surface area (Å²) in [5.74, 6) is 2.87. The van der Waals surface area contributed by atoms with E-state index in [0.29, 0.717) is 0 Å². The average Bonchev–Trinajstić information content (AvgIpc) is 2.72. The molecule has 2 aromatic heterocycles. The maximum atomic E-state index is 4.66. The molecule has 0 unspecified atom stereocenters. The first-order chi connectivity index (χ1) is 9.43. The van der Waals surface area contributed by atoms with Crippen molar-refractivity contribution in [2.45, 2.75) is 43.8 Å². The quantitative estimate of drug-likeness (QED) is 0.873. The molecule has 0 aliphatic rings. The molecule has 0 aliphatic carbocycles. The van der Waals surface area contributed by atoms with Gasteiger partial charge in [-0.2, -0.15) is 0 Å². The molecule has 2 aromatic rings. The van der Waals surface area contributed by atoms with E-state index in [1.54, 1.807) is 0 Å². The molecule has 0 saturated heterocycles. The molecule has 20 heavy (non-hydrogen) atoms. The molecule has 0 saturated carbocycles. The van der Waals surface area contributed by atoms with Gasteiger partial charge in [0.2, 0.25) is 0 Å². The number of rotatable bonds is 4. The minimum atomic E-state index is 0.281. The Kier molecular flexibility index (Phi) is 4.27. The minimum Gasteiger partial charge on any atom is -0.373 e. The molecule has 6 nitrogen and oxygen atoms in total. The van der Waals surface area contributed by atoms with Gasteiger partial charge in [-0.25, -0.2) is 9.97 Å². The molecule has 0 bridgehead atoms. The van der Waals surface area contributed by atoms with Crippen LogP contribution in [0, 0.1) is 13.8 Å². The van der Waals surface area contributed by atoms with Gasteiger partial charge in [0.15, 0.2) is 5.16 Å². The zero-order valence-electron chi connectivity index (χ0n) is 12.7. The smallest absolute Gasteiger partial charge is 0.197 e. The highest BCUT2D eigenvalue weighted by Crippen LogP contribution is 2.31. The van der Waals surface area contributed by atoms with Crippen LogP contribution in [0.2, 0.25) is 0 Å². The van der Waals surface area contributed by atoms with Crippen molar-refractivity contribution in [1.29, 1.82) is 0 Å². The molecule has 0 spiro atoms. The number of hydrogen-bond donors (Lipinski definition) is 1. The number of nitrogens with one attached hydrogen (secondary N) is 1. The van der Waals surface area contributed by atoms with E-state index >= 15 is 0 Å². The van der Waals surface area contributed by atoms with Gasteiger partial charge in [0.05, 0.1) is 0 Å². The molecular formula is C13H20N6S. The molecule has 0 atom stereocenters. The van der Waals surface area contributed by atoms with Crippen LogP contribution in [-0.2, 0) is 7.05 Å². The van der Waals surface area contributed by atoms with E-state index in [2.05, 4.69) is 39.3 Å². The molecule has 0 radical (unpaired) electrons. The van der Waals surface area contributed by atoms with Crippen molar-refractivity contribution in [2.75, 3.05) is 12.4 Å². The van der Waals surface area contributed by atoms with E-state index in [4.69, 9.17) is 0 Å². The Bertz CT molecular complexity index is 620. The first-order valence-electron chi connectivity index (χ1n) is 6.54. The monoisotopic (exact) mass is 292 g/mol. The van der Waals surface area contributed by atoms with Crippen molar-refractivity contribution in [1.82, 2.24) is 24.7 Å². The van der Waals surface area contributed by atoms with Crippen LogP contribution < -0.4 is 5.32 Å². The fraction of sp³-hybridized carbons (Fsp3) is 0.538. The molecule has 2 rings (SSSR count). The Labute approximate surface area is 123 Å². The van der Waals surface area contributed by atoms with Gasteiger partial charge in [-0.1, -0.05) is 13.8 Å². The van der Waals surface area contributed by atoms with Crippen LogP contribution in [0.3, 0.4) is 0 Å². The summed E-state index contributed by atoms with van der Waals surface area (Å²) in [6.45, 7) is 8.13. The normalized spacial score (nSPS) is 11.2. The lowest BCUT2D eigenvalue weighted by Crippen LogP contribution is -2.06. The van der Waals surface area contributed by atoms with Crippen molar-refractivity contribution in [3.8, 4) is 0 Å². The largest absolute Gasteiger partial charge is 0.373 e. The molecular weight excluding hydrogens is 272 g/mol. The van der Waals surface area contributed by atoms with E-state index in [-0.39, 0.29) is 5.92 Å². The maximum Gasteiger partial charge on any atom is 0.197 e. The minimum absolute atomic E-state index is 0.281. The van der Waals surface area contributed by atoms with Crippen LogP contribution in [0.15, 0.2) is 10.2 Å². The lowest BCUT2D eigenvalue weighted by molar-refractivity contribution is 0.742. The second kappa shape index (κ2) is 5.78. The van der Waals surface area contributed by atoms with Crippen LogP contribution in [-0.4, -0.2) is 31.8 Å². The average molecular weight is 292 g/mol. The van der Waals surface area contributed by atoms with Crippen LogP contribution in [0.1, 0.15) is 37.0 Å². The van der Waals surface area contributed by atoms with Gasteiger partial charge in [0.1, 0.15) is 22.5 Å². The van der Waals surface area contributed by atoms with E-state index < -0.39 is 0 Å². The predicted octanol–water partition coefficient (Wildman–Crippen LogP) is 2.54. The summed E-state index contributed by atoms with van der Waals surface area (Å²) in [4.78, 5) is 9.20. The van der Waals surface area contributed by atoms with Gasteiger partial charge < -0.3 is 9.88 Å². The summed E-state index contributed by atoms with van der Waals surface area (Å²) in [7, 11) is 3.83. The van der Waals surface area contributed by atoms with Gasteiger partial charge in [-0.3, -0.25) is 0 Å². The molecule has 0 aromatic carbocycles. The van der Waals surface area contributed by atoms with Crippen molar-refractivity contribution in [2.24, 2.45) is 7.05 Å². The first kappa shape index (κ1) is 14.8. The first-order valence-corrected chi connectivity index (χ1v) is 7.35. The molecule has 0 aliphatic heterocycles. The highest BCUT2D eigenvalue weighted by atomic mass is 32.2. The molecule has 2 heterocycles. The maximum absolute atomic E-state index is 4.66. The summed E-state index contributed by atoms with van der Waals surface area (Å²) in [5, 5.41) is 13.1. The van der Waals surface area contributed by atoms with Crippen molar-refractivity contribution < 1.29 is 0 Å². The highest BCUT2D eigenvalue weighted by Gasteiger charge is 2.16. The fourth-order valence-corrected chi connectivity index (χ4v) is 2.59. The second-order valence-corrected chi connectivity index (χ2v) is 5.91. The Morgan fingerprint density at radius 2 is 1.85 bits per heavy atom. The van der Waals surface area contributed by atoms with Gasteiger partial charge in [0, 0.05) is 25.6 Å². The third kappa shape index (κ3) is 2.77. The fourth-order valence-electron chi connectivity index (χ4n) is 1.68. The zero-order valence-corrected chi connectivity index (χ0v) is 13.5. The van der Waals surface area contributed by atoms with Crippen LogP contribution in [0.4, 0.5) is 5.82 Å². The molecule has 1 N–H and O–H groups in total. The van der Waals surface area contributed by atoms with E-state index in [1.165, 1.54) is 11.8 Å².